The average molecular weight is 435 g/mol. The molecule has 0 bridgehead atoms. The molecule has 1 atom stereocenters. The van der Waals surface area contributed by atoms with Gasteiger partial charge in [0, 0.05) is 0 Å². The van der Waals surface area contributed by atoms with Gasteiger partial charge < -0.3 is 24.8 Å². The maximum Gasteiger partial charge on any atom is -1.00 e. The Morgan fingerprint density at radius 1 is 1.26 bits per heavy atom. The summed E-state index contributed by atoms with van der Waals surface area (Å²) in [5.41, 5.74) is 4.53. The molecule has 0 radical (unpaired) electrons. The van der Waals surface area contributed by atoms with E-state index in [0.29, 0.717) is 0 Å². The maximum atomic E-state index is 3.66. The summed E-state index contributed by atoms with van der Waals surface area (Å²) in [6, 6.07) is 6.62. The Morgan fingerprint density at radius 2 is 2.05 bits per heavy atom. The van der Waals surface area contributed by atoms with E-state index in [9.17, 15) is 0 Å². The van der Waals surface area contributed by atoms with Crippen molar-refractivity contribution in [3.05, 3.63) is 60.9 Å². The summed E-state index contributed by atoms with van der Waals surface area (Å²) in [5, 5.41) is 0. The fourth-order valence-corrected chi connectivity index (χ4v) is 6.67. The first-order valence-electron chi connectivity index (χ1n) is 5.84. The normalized spacial score (nSPS) is 18.7. The summed E-state index contributed by atoms with van der Waals surface area (Å²) in [7, 11) is 0. The summed E-state index contributed by atoms with van der Waals surface area (Å²) >= 11 is 3.16. The molecule has 0 aliphatic heterocycles. The van der Waals surface area contributed by atoms with Crippen LogP contribution in [-0.2, 0) is 23.2 Å². The fraction of sp³-hybridized carbons (Fsp3) is 0.200. The molecule has 98 valence electrons. The van der Waals surface area contributed by atoms with Crippen LogP contribution in [0.25, 0.3) is 6.08 Å². The molecule has 0 spiro atoms. The first-order valence-corrected chi connectivity index (χ1v) is 9.28. The molecule has 0 saturated heterocycles. The van der Waals surface area contributed by atoms with Crippen LogP contribution in [-0.4, -0.2) is 0 Å². The second kappa shape index (κ2) is 7.41. The van der Waals surface area contributed by atoms with Gasteiger partial charge in [-0.05, 0) is 0 Å². The molecule has 0 heterocycles. The number of rotatable bonds is 2. The summed E-state index contributed by atoms with van der Waals surface area (Å²) in [4.78, 5) is 0. The van der Waals surface area contributed by atoms with Crippen molar-refractivity contribution in [3.63, 3.8) is 0 Å². The summed E-state index contributed by atoms with van der Waals surface area (Å²) in [5.74, 6) is 0. The molecule has 2 aliphatic rings. The molecule has 0 nitrogen and oxygen atoms in total. The zero-order chi connectivity index (χ0) is 11.8. The van der Waals surface area contributed by atoms with E-state index in [-0.39, 0.29) is 24.8 Å². The molecule has 1 aromatic carbocycles. The Morgan fingerprint density at radius 3 is 2.74 bits per heavy atom. The standard InChI is InChI=1S/C10H8Br.C5H5.2ClH.Zr/c1-7-5-8-3-2-4-10(11)9(8)6-7;1-2-4-5-3-1;;;/h2-6H,1H3;1-3H,4H2;2*1H;/q;;;;+2/p-2. The minimum absolute atomic E-state index is 0. The monoisotopic (exact) mass is 432 g/mol. The van der Waals surface area contributed by atoms with Gasteiger partial charge >= 0.3 is 123 Å². The second-order valence-electron chi connectivity index (χ2n) is 4.53. The zero-order valence-corrected chi connectivity index (χ0v) is 16.0. The van der Waals surface area contributed by atoms with Crippen LogP contribution in [0.3, 0.4) is 0 Å². The molecule has 0 saturated carbocycles. The van der Waals surface area contributed by atoms with Crippen molar-refractivity contribution in [2.75, 3.05) is 0 Å². The number of hydrogen-bond acceptors (Lipinski definition) is 0. The predicted molar refractivity (Wildman–Crippen MR) is 72.4 cm³/mol. The molecule has 2 aliphatic carbocycles. The predicted octanol–water partition coefficient (Wildman–Crippen LogP) is -1.16. The van der Waals surface area contributed by atoms with Gasteiger partial charge in [0.15, 0.2) is 0 Å². The SMILES string of the molecule is CC1=Cc2c(Br)cccc2[CH]1[Zr+2][C]1=CC=CC1.[Cl-].[Cl-]. The Labute approximate surface area is 147 Å². The largest absolute Gasteiger partial charge is 1.00 e. The first kappa shape index (κ1) is 17.4. The van der Waals surface area contributed by atoms with Gasteiger partial charge in [0.25, 0.3) is 0 Å². The zero-order valence-electron chi connectivity index (χ0n) is 10.5. The van der Waals surface area contributed by atoms with E-state index in [1.165, 1.54) is 16.5 Å². The van der Waals surface area contributed by atoms with Crippen LogP contribution in [0.15, 0.2) is 49.8 Å². The third-order valence-electron chi connectivity index (χ3n) is 3.33. The van der Waals surface area contributed by atoms with Gasteiger partial charge in [-0.3, -0.25) is 0 Å². The molecule has 19 heavy (non-hydrogen) atoms. The number of halogens is 3. The van der Waals surface area contributed by atoms with E-state index in [1.54, 1.807) is 14.4 Å². The molecular formula is C15H13BrCl2Zr. The van der Waals surface area contributed by atoms with Gasteiger partial charge in [-0.25, -0.2) is 0 Å². The molecule has 1 unspecified atom stereocenters. The van der Waals surface area contributed by atoms with Gasteiger partial charge in [0.1, 0.15) is 0 Å². The van der Waals surface area contributed by atoms with E-state index in [2.05, 4.69) is 65.4 Å². The third kappa shape index (κ3) is 3.53. The van der Waals surface area contributed by atoms with E-state index < -0.39 is 23.2 Å². The Kier molecular flexibility index (Phi) is 6.80. The summed E-state index contributed by atoms with van der Waals surface area (Å²) in [6.45, 7) is 2.29. The van der Waals surface area contributed by atoms with Crippen molar-refractivity contribution < 1.29 is 48.0 Å². The Hall–Kier alpha value is 0.383. The fourth-order valence-electron chi connectivity index (χ4n) is 2.45. The molecule has 3 rings (SSSR count). The second-order valence-corrected chi connectivity index (χ2v) is 9.09. The smallest absolute Gasteiger partial charge is 1.00 e. The third-order valence-corrected chi connectivity index (χ3v) is 8.43. The molecule has 4 heteroatoms. The topological polar surface area (TPSA) is 0 Å². The Bertz CT molecular complexity index is 561. The number of allylic oxidation sites excluding steroid dienone is 5. The summed E-state index contributed by atoms with van der Waals surface area (Å²) in [6.07, 6.45) is 10.4. The van der Waals surface area contributed by atoms with Crippen LogP contribution in [0.4, 0.5) is 0 Å². The van der Waals surface area contributed by atoms with Gasteiger partial charge in [-0.15, -0.1) is 0 Å². The van der Waals surface area contributed by atoms with Crippen LogP contribution in [0, 0.1) is 0 Å². The van der Waals surface area contributed by atoms with Crippen LogP contribution in [0.2, 0.25) is 0 Å². The maximum absolute atomic E-state index is 3.66. The molecule has 0 amide bonds. The first-order chi connectivity index (χ1) is 8.25. The van der Waals surface area contributed by atoms with E-state index in [0.717, 1.165) is 3.63 Å². The van der Waals surface area contributed by atoms with Crippen LogP contribution in [0.1, 0.15) is 28.1 Å². The average Bonchev–Trinajstić information content (AvgIpc) is 2.91. The van der Waals surface area contributed by atoms with Crippen LogP contribution >= 0.6 is 15.9 Å². The van der Waals surface area contributed by atoms with Crippen molar-refractivity contribution in [2.24, 2.45) is 0 Å². The van der Waals surface area contributed by atoms with Crippen molar-refractivity contribution >= 4 is 22.0 Å². The number of fused-ring (bicyclic) bond motifs is 1. The molecule has 1 aromatic rings. The van der Waals surface area contributed by atoms with E-state index in [1.807, 2.05) is 0 Å². The van der Waals surface area contributed by atoms with E-state index in [4.69, 9.17) is 0 Å². The minimum atomic E-state index is -0.504. The molecule has 0 fully saturated rings. The minimum Gasteiger partial charge on any atom is -1.00 e. The van der Waals surface area contributed by atoms with Crippen molar-refractivity contribution in [1.29, 1.82) is 0 Å². The molecule has 0 aromatic heterocycles. The van der Waals surface area contributed by atoms with Crippen molar-refractivity contribution in [2.45, 2.75) is 17.0 Å². The molecular weight excluding hydrogens is 422 g/mol. The van der Waals surface area contributed by atoms with Crippen molar-refractivity contribution in [3.8, 4) is 0 Å². The molecule has 0 N–H and O–H groups in total. The quantitative estimate of drug-likeness (QED) is 0.550. The van der Waals surface area contributed by atoms with E-state index >= 15 is 0 Å². The van der Waals surface area contributed by atoms with Gasteiger partial charge in [0.2, 0.25) is 0 Å². The Balaban J connectivity index is 0.000000902. The summed E-state index contributed by atoms with van der Waals surface area (Å²) < 4.78 is 3.71. The van der Waals surface area contributed by atoms with Crippen LogP contribution in [0.5, 0.6) is 0 Å². The van der Waals surface area contributed by atoms with Gasteiger partial charge in [-0.2, -0.15) is 0 Å². The van der Waals surface area contributed by atoms with Gasteiger partial charge in [-0.1, -0.05) is 0 Å². The number of hydrogen-bond donors (Lipinski definition) is 0. The van der Waals surface area contributed by atoms with Crippen LogP contribution < -0.4 is 24.8 Å². The van der Waals surface area contributed by atoms with Gasteiger partial charge in [0.05, 0.1) is 0 Å². The number of benzene rings is 1. The van der Waals surface area contributed by atoms with Crippen molar-refractivity contribution in [1.82, 2.24) is 0 Å².